The van der Waals surface area contributed by atoms with Gasteiger partial charge < -0.3 is 9.64 Å². The molecule has 68 valence electrons. The van der Waals surface area contributed by atoms with Crippen molar-refractivity contribution in [3.8, 4) is 11.3 Å². The van der Waals surface area contributed by atoms with Gasteiger partial charge in [-0.15, -0.1) is 0 Å². The number of hydrogen-bond donors (Lipinski definition) is 0. The molecule has 1 saturated heterocycles. The lowest BCUT2D eigenvalue weighted by Gasteiger charge is -2.22. The zero-order chi connectivity index (χ0) is 8.65. The summed E-state index contributed by atoms with van der Waals surface area (Å²) in [6.07, 6.45) is 1.20. The van der Waals surface area contributed by atoms with E-state index < -0.39 is 0 Å². The molecule has 0 aromatic carbocycles. The van der Waals surface area contributed by atoms with Crippen molar-refractivity contribution in [1.82, 2.24) is 4.90 Å². The summed E-state index contributed by atoms with van der Waals surface area (Å²) in [6, 6.07) is 3.12. The minimum absolute atomic E-state index is 0.827. The Labute approximate surface area is 78.6 Å². The van der Waals surface area contributed by atoms with E-state index in [2.05, 4.69) is 23.1 Å². The van der Waals surface area contributed by atoms with Crippen LogP contribution in [0.4, 0.5) is 0 Å². The largest absolute Gasteiger partial charge is 0.378 e. The molecule has 0 N–H and O–H groups in total. The number of thioether (sulfide) groups is 1. The maximum Gasteiger partial charge on any atom is 0.0649 e. The van der Waals surface area contributed by atoms with Gasteiger partial charge in [0, 0.05) is 24.9 Å². The third-order valence-electron chi connectivity index (χ3n) is 1.59. The molecular formula is C9H15NOS. The second kappa shape index (κ2) is 6.22. The predicted octanol–water partition coefficient (Wildman–Crippen LogP) is 1.38. The first-order valence-corrected chi connectivity index (χ1v) is 5.37. The van der Waals surface area contributed by atoms with E-state index in [1.807, 2.05) is 0 Å². The first-order chi connectivity index (χ1) is 5.93. The van der Waals surface area contributed by atoms with Gasteiger partial charge in [-0.2, -0.15) is 0 Å². The highest BCUT2D eigenvalue weighted by Gasteiger charge is 2.04. The predicted molar refractivity (Wildman–Crippen MR) is 52.9 cm³/mol. The number of rotatable bonds is 2. The highest BCUT2D eigenvalue weighted by molar-refractivity contribution is 8.03. The van der Waals surface area contributed by atoms with E-state index in [1.54, 1.807) is 11.8 Å². The van der Waals surface area contributed by atoms with Crippen LogP contribution < -0.4 is 0 Å². The van der Waals surface area contributed by atoms with E-state index in [4.69, 9.17) is 4.74 Å². The molecule has 0 aromatic rings. The molecule has 0 radical (unpaired) electrons. The van der Waals surface area contributed by atoms with Crippen LogP contribution in [-0.2, 0) is 4.74 Å². The summed E-state index contributed by atoms with van der Waals surface area (Å²) >= 11 is 1.70. The van der Waals surface area contributed by atoms with Crippen molar-refractivity contribution in [2.24, 2.45) is 0 Å². The fourth-order valence-electron chi connectivity index (χ4n) is 0.925. The molecule has 0 aromatic heterocycles. The average Bonchev–Trinajstić information content (AvgIpc) is 2.14. The first kappa shape index (κ1) is 9.76. The fraction of sp³-hybridized carbons (Fsp3) is 0.778. The summed E-state index contributed by atoms with van der Waals surface area (Å²) in [4.78, 5) is 2.13. The zero-order valence-corrected chi connectivity index (χ0v) is 8.32. The van der Waals surface area contributed by atoms with Crippen molar-refractivity contribution in [2.45, 2.75) is 13.3 Å². The van der Waals surface area contributed by atoms with E-state index in [-0.39, 0.29) is 0 Å². The van der Waals surface area contributed by atoms with Crippen molar-refractivity contribution in [3.05, 3.63) is 0 Å². The molecule has 0 saturated carbocycles. The number of ether oxygens (including phenoxy) is 1. The summed E-state index contributed by atoms with van der Waals surface area (Å²) in [6.45, 7) is 5.74. The third-order valence-corrected chi connectivity index (χ3v) is 2.44. The molecule has 0 atom stereocenters. The van der Waals surface area contributed by atoms with Crippen LogP contribution in [0.1, 0.15) is 13.3 Å². The van der Waals surface area contributed by atoms with Gasteiger partial charge in [0.15, 0.2) is 0 Å². The molecular weight excluding hydrogens is 170 g/mol. The summed E-state index contributed by atoms with van der Waals surface area (Å²) in [5.41, 5.74) is 0. The first-order valence-electron chi connectivity index (χ1n) is 4.38. The van der Waals surface area contributed by atoms with Crippen molar-refractivity contribution < 1.29 is 4.74 Å². The summed E-state index contributed by atoms with van der Waals surface area (Å²) < 4.78 is 5.21. The molecule has 0 bridgehead atoms. The molecule has 0 amide bonds. The van der Waals surface area contributed by atoms with Gasteiger partial charge in [-0.3, -0.25) is 0 Å². The van der Waals surface area contributed by atoms with Crippen molar-refractivity contribution in [1.29, 1.82) is 0 Å². The van der Waals surface area contributed by atoms with Gasteiger partial charge in [0.05, 0.1) is 13.2 Å². The molecule has 1 rings (SSSR count). The van der Waals surface area contributed by atoms with Crippen LogP contribution in [0.2, 0.25) is 0 Å². The Balaban J connectivity index is 2.13. The van der Waals surface area contributed by atoms with Gasteiger partial charge in [0.1, 0.15) is 0 Å². The molecule has 0 unspecified atom stereocenters. The summed E-state index contributed by atoms with van der Waals surface area (Å²) in [5.74, 6) is 1.14. The van der Waals surface area contributed by atoms with E-state index in [9.17, 15) is 0 Å². The van der Waals surface area contributed by atoms with Crippen LogP contribution in [0.3, 0.4) is 0 Å². The van der Waals surface area contributed by atoms with Gasteiger partial charge >= 0.3 is 0 Å². The molecule has 1 aliphatic rings. The van der Waals surface area contributed by atoms with Crippen LogP contribution in [-0.4, -0.2) is 37.0 Å². The molecule has 1 aliphatic heterocycles. The van der Waals surface area contributed by atoms with Gasteiger partial charge in [0.25, 0.3) is 0 Å². The number of nitrogens with zero attached hydrogens (tertiary/aromatic N) is 1. The van der Waals surface area contributed by atoms with Crippen LogP contribution in [0, 0.1) is 11.3 Å². The Hall–Kier alpha value is -0.330. The van der Waals surface area contributed by atoms with E-state index in [0.29, 0.717) is 0 Å². The van der Waals surface area contributed by atoms with Crippen LogP contribution in [0.15, 0.2) is 0 Å². The number of hydrogen-bond acceptors (Lipinski definition) is 3. The lowest BCUT2D eigenvalue weighted by molar-refractivity contribution is 0.0638. The minimum atomic E-state index is 0.827. The molecule has 3 heteroatoms. The van der Waals surface area contributed by atoms with E-state index >= 15 is 0 Å². The molecule has 2 nitrogen and oxygen atoms in total. The maximum absolute atomic E-state index is 5.21. The van der Waals surface area contributed by atoms with Crippen molar-refractivity contribution >= 4 is 11.8 Å². The van der Waals surface area contributed by atoms with Crippen LogP contribution >= 0.6 is 11.8 Å². The third kappa shape index (κ3) is 3.89. The zero-order valence-electron chi connectivity index (χ0n) is 7.51. The normalized spacial score (nSPS) is 16.9. The quantitative estimate of drug-likeness (QED) is 0.476. The second-order valence-corrected chi connectivity index (χ2v) is 3.56. The second-order valence-electron chi connectivity index (χ2n) is 2.66. The monoisotopic (exact) mass is 185 g/mol. The maximum atomic E-state index is 5.21. The average molecular weight is 185 g/mol. The van der Waals surface area contributed by atoms with Crippen LogP contribution in [0.5, 0.6) is 0 Å². The highest BCUT2D eigenvalue weighted by atomic mass is 32.2. The fourth-order valence-corrected chi connectivity index (χ4v) is 1.42. The number of morpholine rings is 1. The van der Waals surface area contributed by atoms with E-state index in [0.717, 1.165) is 32.1 Å². The summed E-state index contributed by atoms with van der Waals surface area (Å²) in [5, 5.41) is 3.09. The Morgan fingerprint density at radius 3 is 2.83 bits per heavy atom. The Bertz CT molecular complexity index is 167. The SMILES string of the molecule is CCCSC#CN1CCOCC1. The van der Waals surface area contributed by atoms with Crippen LogP contribution in [0.25, 0.3) is 0 Å². The Morgan fingerprint density at radius 1 is 1.42 bits per heavy atom. The standard InChI is InChI=1S/C9H15NOS/c1-2-8-12-9-5-10-3-6-11-7-4-10/h2-4,6-8H2,1H3. The topological polar surface area (TPSA) is 12.5 Å². The van der Waals surface area contributed by atoms with Gasteiger partial charge in [-0.05, 0) is 11.7 Å². The lowest BCUT2D eigenvalue weighted by Crippen LogP contribution is -2.32. The van der Waals surface area contributed by atoms with Crippen molar-refractivity contribution in [2.75, 3.05) is 32.1 Å². The molecule has 12 heavy (non-hydrogen) atoms. The summed E-state index contributed by atoms with van der Waals surface area (Å²) in [7, 11) is 0. The molecule has 0 aliphatic carbocycles. The molecule has 1 heterocycles. The molecule has 0 spiro atoms. The Kier molecular flexibility index (Phi) is 5.05. The van der Waals surface area contributed by atoms with Gasteiger partial charge in [-0.1, -0.05) is 18.7 Å². The highest BCUT2D eigenvalue weighted by Crippen LogP contribution is 1.99. The van der Waals surface area contributed by atoms with E-state index in [1.165, 1.54) is 6.42 Å². The van der Waals surface area contributed by atoms with Crippen molar-refractivity contribution in [3.63, 3.8) is 0 Å². The van der Waals surface area contributed by atoms with Gasteiger partial charge in [0.2, 0.25) is 0 Å². The lowest BCUT2D eigenvalue weighted by atomic mass is 10.5. The van der Waals surface area contributed by atoms with Gasteiger partial charge in [-0.25, -0.2) is 0 Å². The molecule has 1 fully saturated rings. The Morgan fingerprint density at radius 2 is 2.17 bits per heavy atom. The smallest absolute Gasteiger partial charge is 0.0649 e. The minimum Gasteiger partial charge on any atom is -0.378 e.